The summed E-state index contributed by atoms with van der Waals surface area (Å²) in [6.45, 7) is 3.71. The molecule has 1 aromatic rings. The monoisotopic (exact) mass is 225 g/mol. The quantitative estimate of drug-likeness (QED) is 0.804. The maximum absolute atomic E-state index is 9.20. The number of nitrogens with zero attached hydrogens (tertiary/aromatic N) is 3. The van der Waals surface area contributed by atoms with Crippen LogP contribution in [0.3, 0.4) is 0 Å². The summed E-state index contributed by atoms with van der Waals surface area (Å²) >= 11 is 0. The highest BCUT2D eigenvalue weighted by Gasteiger charge is 2.28. The van der Waals surface area contributed by atoms with Gasteiger partial charge in [-0.3, -0.25) is 4.90 Å². The van der Waals surface area contributed by atoms with E-state index < -0.39 is 0 Å². The molecule has 0 saturated heterocycles. The van der Waals surface area contributed by atoms with Gasteiger partial charge in [0.15, 0.2) is 5.82 Å². The van der Waals surface area contributed by atoms with Crippen molar-refractivity contribution in [2.45, 2.75) is 38.8 Å². The number of aromatic nitrogens is 2. The molecule has 90 valence electrons. The van der Waals surface area contributed by atoms with Gasteiger partial charge in [-0.1, -0.05) is 12.1 Å². The predicted molar refractivity (Wildman–Crippen MR) is 58.7 cm³/mol. The van der Waals surface area contributed by atoms with Crippen LogP contribution in [0.5, 0.6) is 0 Å². The summed E-state index contributed by atoms with van der Waals surface area (Å²) in [6.07, 6.45) is 2.56. The summed E-state index contributed by atoms with van der Waals surface area (Å²) in [4.78, 5) is 6.45. The van der Waals surface area contributed by atoms with Gasteiger partial charge in [-0.2, -0.15) is 4.98 Å². The molecule has 5 heteroatoms. The SMILES string of the molecule is CCc1nc(CN(C)CC2CC(O)C2)no1. The Morgan fingerprint density at radius 1 is 1.50 bits per heavy atom. The van der Waals surface area contributed by atoms with Crippen LogP contribution in [0.2, 0.25) is 0 Å². The van der Waals surface area contributed by atoms with E-state index in [1.807, 2.05) is 14.0 Å². The maximum Gasteiger partial charge on any atom is 0.226 e. The maximum atomic E-state index is 9.20. The standard InChI is InChI=1S/C11H19N3O2/c1-3-11-12-10(13-16-11)7-14(2)6-8-4-9(15)5-8/h8-9,15H,3-7H2,1-2H3. The summed E-state index contributed by atoms with van der Waals surface area (Å²) in [5, 5.41) is 13.1. The van der Waals surface area contributed by atoms with Crippen molar-refractivity contribution in [2.75, 3.05) is 13.6 Å². The molecule has 5 nitrogen and oxygen atoms in total. The molecule has 0 amide bonds. The molecular weight excluding hydrogens is 206 g/mol. The van der Waals surface area contributed by atoms with Gasteiger partial charge in [0.1, 0.15) is 0 Å². The van der Waals surface area contributed by atoms with Crippen molar-refractivity contribution in [3.63, 3.8) is 0 Å². The zero-order chi connectivity index (χ0) is 11.5. The van der Waals surface area contributed by atoms with Gasteiger partial charge >= 0.3 is 0 Å². The van der Waals surface area contributed by atoms with E-state index in [-0.39, 0.29) is 6.10 Å². The van der Waals surface area contributed by atoms with Crippen LogP contribution in [0.1, 0.15) is 31.5 Å². The minimum atomic E-state index is -0.0738. The van der Waals surface area contributed by atoms with Crippen LogP contribution in [0.15, 0.2) is 4.52 Å². The lowest BCUT2D eigenvalue weighted by molar-refractivity contribution is 0.0270. The van der Waals surface area contributed by atoms with Gasteiger partial charge in [0.05, 0.1) is 12.6 Å². The highest BCUT2D eigenvalue weighted by atomic mass is 16.5. The van der Waals surface area contributed by atoms with Crippen LogP contribution in [0, 0.1) is 5.92 Å². The molecule has 0 aliphatic heterocycles. The first-order chi connectivity index (χ1) is 7.67. The highest BCUT2D eigenvalue weighted by Crippen LogP contribution is 2.27. The van der Waals surface area contributed by atoms with Crippen LogP contribution < -0.4 is 0 Å². The molecule has 0 bridgehead atoms. The molecule has 1 aromatic heterocycles. The van der Waals surface area contributed by atoms with Gasteiger partial charge in [0.2, 0.25) is 5.89 Å². The first kappa shape index (κ1) is 11.5. The van der Waals surface area contributed by atoms with Gasteiger partial charge in [0, 0.05) is 13.0 Å². The van der Waals surface area contributed by atoms with E-state index in [1.165, 1.54) is 0 Å². The predicted octanol–water partition coefficient (Wildman–Crippen LogP) is 0.835. The molecule has 0 atom stereocenters. The minimum absolute atomic E-state index is 0.0738. The fraction of sp³-hybridized carbons (Fsp3) is 0.818. The molecule has 0 aromatic carbocycles. The lowest BCUT2D eigenvalue weighted by Crippen LogP contribution is -2.36. The zero-order valence-corrected chi connectivity index (χ0v) is 9.89. The summed E-state index contributed by atoms with van der Waals surface area (Å²) < 4.78 is 5.05. The average Bonchev–Trinajstić information content (AvgIpc) is 2.63. The highest BCUT2D eigenvalue weighted by molar-refractivity contribution is 4.87. The smallest absolute Gasteiger partial charge is 0.226 e. The fourth-order valence-electron chi connectivity index (χ4n) is 2.09. The number of aliphatic hydroxyl groups is 1. The fourth-order valence-corrected chi connectivity index (χ4v) is 2.09. The second-order valence-electron chi connectivity index (χ2n) is 4.65. The summed E-state index contributed by atoms with van der Waals surface area (Å²) in [5.41, 5.74) is 0. The Bertz CT molecular complexity index is 334. The molecule has 1 aliphatic rings. The van der Waals surface area contributed by atoms with Crippen LogP contribution >= 0.6 is 0 Å². The van der Waals surface area contributed by atoms with E-state index in [0.717, 1.165) is 38.2 Å². The summed E-state index contributed by atoms with van der Waals surface area (Å²) in [5.74, 6) is 2.07. The van der Waals surface area contributed by atoms with E-state index in [4.69, 9.17) is 4.52 Å². The lowest BCUT2D eigenvalue weighted by atomic mass is 9.82. The molecule has 2 rings (SSSR count). The van der Waals surface area contributed by atoms with E-state index >= 15 is 0 Å². The van der Waals surface area contributed by atoms with E-state index in [0.29, 0.717) is 11.8 Å². The number of aliphatic hydroxyl groups excluding tert-OH is 1. The third kappa shape index (κ3) is 2.80. The van der Waals surface area contributed by atoms with Gasteiger partial charge in [-0.25, -0.2) is 0 Å². The van der Waals surface area contributed by atoms with Crippen molar-refractivity contribution < 1.29 is 9.63 Å². The third-order valence-electron chi connectivity index (χ3n) is 3.00. The number of rotatable bonds is 5. The second-order valence-corrected chi connectivity index (χ2v) is 4.65. The summed E-state index contributed by atoms with van der Waals surface area (Å²) in [6, 6.07) is 0. The Kier molecular flexibility index (Phi) is 3.56. The Labute approximate surface area is 95.4 Å². The normalized spacial score (nSPS) is 24.8. The molecule has 0 unspecified atom stereocenters. The van der Waals surface area contributed by atoms with Gasteiger partial charge in [0.25, 0.3) is 0 Å². The second kappa shape index (κ2) is 4.93. The molecule has 0 spiro atoms. The molecule has 16 heavy (non-hydrogen) atoms. The molecule has 1 aliphatic carbocycles. The van der Waals surface area contributed by atoms with Crippen LogP contribution in [-0.2, 0) is 13.0 Å². The average molecular weight is 225 g/mol. The Morgan fingerprint density at radius 3 is 2.81 bits per heavy atom. The molecule has 1 heterocycles. The zero-order valence-electron chi connectivity index (χ0n) is 9.89. The first-order valence-corrected chi connectivity index (χ1v) is 5.85. The first-order valence-electron chi connectivity index (χ1n) is 5.85. The van der Waals surface area contributed by atoms with Crippen molar-refractivity contribution in [2.24, 2.45) is 5.92 Å². The van der Waals surface area contributed by atoms with Crippen molar-refractivity contribution in [3.05, 3.63) is 11.7 Å². The van der Waals surface area contributed by atoms with E-state index in [9.17, 15) is 5.11 Å². The third-order valence-corrected chi connectivity index (χ3v) is 3.00. The van der Waals surface area contributed by atoms with Crippen LogP contribution in [0.25, 0.3) is 0 Å². The van der Waals surface area contributed by atoms with Gasteiger partial charge in [-0.15, -0.1) is 0 Å². The molecule has 1 fully saturated rings. The van der Waals surface area contributed by atoms with E-state index in [1.54, 1.807) is 0 Å². The Hall–Kier alpha value is -0.940. The minimum Gasteiger partial charge on any atom is -0.393 e. The van der Waals surface area contributed by atoms with Gasteiger partial charge < -0.3 is 9.63 Å². The van der Waals surface area contributed by atoms with Gasteiger partial charge in [-0.05, 0) is 25.8 Å². The van der Waals surface area contributed by atoms with Crippen molar-refractivity contribution in [1.82, 2.24) is 15.0 Å². The van der Waals surface area contributed by atoms with E-state index in [2.05, 4.69) is 15.0 Å². The topological polar surface area (TPSA) is 62.4 Å². The summed E-state index contributed by atoms with van der Waals surface area (Å²) in [7, 11) is 2.05. The van der Waals surface area contributed by atoms with Crippen molar-refractivity contribution >= 4 is 0 Å². The van der Waals surface area contributed by atoms with Crippen LogP contribution in [0.4, 0.5) is 0 Å². The van der Waals surface area contributed by atoms with Crippen molar-refractivity contribution in [1.29, 1.82) is 0 Å². The Balaban J connectivity index is 1.76. The lowest BCUT2D eigenvalue weighted by Gasteiger charge is -2.34. The molecule has 1 saturated carbocycles. The number of hydrogen-bond acceptors (Lipinski definition) is 5. The van der Waals surface area contributed by atoms with Crippen molar-refractivity contribution in [3.8, 4) is 0 Å². The Morgan fingerprint density at radius 2 is 2.25 bits per heavy atom. The number of hydrogen-bond donors (Lipinski definition) is 1. The number of aryl methyl sites for hydroxylation is 1. The molecule has 1 N–H and O–H groups in total. The molecule has 0 radical (unpaired) electrons. The van der Waals surface area contributed by atoms with Crippen LogP contribution in [-0.4, -0.2) is 39.8 Å². The molecular formula is C11H19N3O2. The largest absolute Gasteiger partial charge is 0.393 e.